The summed E-state index contributed by atoms with van der Waals surface area (Å²) in [6.45, 7) is 4.82. The summed E-state index contributed by atoms with van der Waals surface area (Å²) < 4.78 is 9.03. The minimum absolute atomic E-state index is 0.563. The summed E-state index contributed by atoms with van der Waals surface area (Å²) in [7, 11) is 1.62. The van der Waals surface area contributed by atoms with Gasteiger partial charge in [-0.15, -0.1) is 5.10 Å². The van der Waals surface area contributed by atoms with E-state index in [4.69, 9.17) is 4.74 Å². The van der Waals surface area contributed by atoms with E-state index in [1.807, 2.05) is 29.9 Å². The van der Waals surface area contributed by atoms with Crippen LogP contribution in [0.15, 0.2) is 24.5 Å². The molecule has 0 aliphatic heterocycles. The van der Waals surface area contributed by atoms with Crippen LogP contribution in [0.2, 0.25) is 0 Å². The molecular formula is C13H15N5O. The topological polar surface area (TPSA) is 57.2 Å². The Morgan fingerprint density at radius 2 is 2.16 bits per heavy atom. The average molecular weight is 257 g/mol. The molecule has 0 saturated heterocycles. The summed E-state index contributed by atoms with van der Waals surface area (Å²) in [6, 6.07) is 3.86. The van der Waals surface area contributed by atoms with Gasteiger partial charge in [-0.05, 0) is 26.0 Å². The monoisotopic (exact) mass is 257 g/mol. The Hall–Kier alpha value is -2.37. The van der Waals surface area contributed by atoms with Gasteiger partial charge in [0.15, 0.2) is 5.65 Å². The Kier molecular flexibility index (Phi) is 2.70. The quantitative estimate of drug-likeness (QED) is 0.719. The van der Waals surface area contributed by atoms with Crippen molar-refractivity contribution in [1.29, 1.82) is 0 Å². The minimum atomic E-state index is 0.563. The highest BCUT2D eigenvalue weighted by Gasteiger charge is 2.20. The number of hydrogen-bond donors (Lipinski definition) is 0. The van der Waals surface area contributed by atoms with Gasteiger partial charge >= 0.3 is 0 Å². The Morgan fingerprint density at radius 1 is 1.32 bits per heavy atom. The number of methoxy groups -OCH3 is 1. The Labute approximate surface area is 110 Å². The average Bonchev–Trinajstić information content (AvgIpc) is 2.97. The van der Waals surface area contributed by atoms with Crippen LogP contribution in [-0.4, -0.2) is 31.5 Å². The van der Waals surface area contributed by atoms with Gasteiger partial charge in [0.05, 0.1) is 18.5 Å². The van der Waals surface area contributed by atoms with E-state index < -0.39 is 0 Å². The first-order valence-electron chi connectivity index (χ1n) is 6.16. The largest absolute Gasteiger partial charge is 0.479 e. The van der Waals surface area contributed by atoms with Gasteiger partial charge in [-0.2, -0.15) is 5.10 Å². The molecular weight excluding hydrogens is 242 g/mol. The maximum Gasteiger partial charge on any atom is 0.244 e. The van der Waals surface area contributed by atoms with Gasteiger partial charge in [-0.1, -0.05) is 0 Å². The highest BCUT2D eigenvalue weighted by Crippen LogP contribution is 2.32. The lowest BCUT2D eigenvalue weighted by Crippen LogP contribution is -2.00. The van der Waals surface area contributed by atoms with Crippen molar-refractivity contribution in [2.45, 2.75) is 20.4 Å². The van der Waals surface area contributed by atoms with Gasteiger partial charge in [-0.25, -0.2) is 9.50 Å². The second-order valence-electron chi connectivity index (χ2n) is 4.26. The molecule has 0 aromatic carbocycles. The summed E-state index contributed by atoms with van der Waals surface area (Å²) in [6.07, 6.45) is 3.60. The molecule has 3 heterocycles. The predicted octanol–water partition coefficient (Wildman–Crippen LogP) is 1.93. The number of hydrogen-bond acceptors (Lipinski definition) is 4. The molecule has 0 spiro atoms. The Morgan fingerprint density at radius 3 is 2.89 bits per heavy atom. The van der Waals surface area contributed by atoms with E-state index in [9.17, 15) is 0 Å². The lowest BCUT2D eigenvalue weighted by atomic mass is 10.2. The van der Waals surface area contributed by atoms with Gasteiger partial charge in [-0.3, -0.25) is 4.68 Å². The number of nitrogens with zero attached hydrogens (tertiary/aromatic N) is 5. The molecule has 0 N–H and O–H groups in total. The SMILES string of the molecule is CCn1nc(C)cc1-c1c(OC)nn2cccnc12. The van der Waals surface area contributed by atoms with E-state index in [0.29, 0.717) is 5.88 Å². The first kappa shape index (κ1) is 11.7. The minimum Gasteiger partial charge on any atom is -0.479 e. The Balaban J connectivity index is 2.34. The van der Waals surface area contributed by atoms with Gasteiger partial charge in [0.1, 0.15) is 5.56 Å². The molecule has 19 heavy (non-hydrogen) atoms. The van der Waals surface area contributed by atoms with Crippen LogP contribution in [0.1, 0.15) is 12.6 Å². The van der Waals surface area contributed by atoms with Crippen molar-refractivity contribution >= 4 is 5.65 Å². The second-order valence-corrected chi connectivity index (χ2v) is 4.26. The maximum atomic E-state index is 5.38. The van der Waals surface area contributed by atoms with Crippen LogP contribution in [0, 0.1) is 6.92 Å². The van der Waals surface area contributed by atoms with Crippen molar-refractivity contribution in [1.82, 2.24) is 24.4 Å². The third-order valence-electron chi connectivity index (χ3n) is 3.01. The molecule has 0 radical (unpaired) electrons. The van der Waals surface area contributed by atoms with E-state index in [-0.39, 0.29) is 0 Å². The number of rotatable bonds is 3. The van der Waals surface area contributed by atoms with Crippen molar-refractivity contribution in [2.75, 3.05) is 7.11 Å². The van der Waals surface area contributed by atoms with Crippen LogP contribution in [0.5, 0.6) is 5.88 Å². The second kappa shape index (κ2) is 4.38. The van der Waals surface area contributed by atoms with Crippen LogP contribution < -0.4 is 4.74 Å². The molecule has 0 aliphatic rings. The van der Waals surface area contributed by atoms with Crippen molar-refractivity contribution in [3.8, 4) is 17.1 Å². The molecule has 3 aromatic rings. The summed E-state index contributed by atoms with van der Waals surface area (Å²) in [4.78, 5) is 4.39. The molecule has 3 aromatic heterocycles. The van der Waals surface area contributed by atoms with Crippen molar-refractivity contribution in [2.24, 2.45) is 0 Å². The summed E-state index contributed by atoms with van der Waals surface area (Å²) in [5.41, 5.74) is 3.60. The smallest absolute Gasteiger partial charge is 0.244 e. The molecule has 0 fully saturated rings. The molecule has 0 bridgehead atoms. The lowest BCUT2D eigenvalue weighted by molar-refractivity contribution is 0.396. The normalized spacial score (nSPS) is 11.1. The van der Waals surface area contributed by atoms with Crippen LogP contribution >= 0.6 is 0 Å². The number of ether oxygens (including phenoxy) is 1. The first-order chi connectivity index (χ1) is 9.24. The highest BCUT2D eigenvalue weighted by molar-refractivity contribution is 5.80. The van der Waals surface area contributed by atoms with Crippen LogP contribution in [0.25, 0.3) is 16.9 Å². The maximum absolute atomic E-state index is 5.38. The van der Waals surface area contributed by atoms with E-state index in [2.05, 4.69) is 22.1 Å². The molecule has 0 amide bonds. The fraction of sp³-hybridized carbons (Fsp3) is 0.308. The molecule has 3 rings (SSSR count). The number of aromatic nitrogens is 5. The third-order valence-corrected chi connectivity index (χ3v) is 3.01. The molecule has 6 heteroatoms. The van der Waals surface area contributed by atoms with E-state index >= 15 is 0 Å². The van der Waals surface area contributed by atoms with Crippen LogP contribution in [0.4, 0.5) is 0 Å². The standard InChI is InChI=1S/C13H15N5O/c1-4-17-10(8-9(2)15-17)11-12-14-6-5-7-18(12)16-13(11)19-3/h5-8H,4H2,1-3H3. The van der Waals surface area contributed by atoms with Gasteiger partial charge < -0.3 is 4.74 Å². The molecule has 0 saturated carbocycles. The van der Waals surface area contributed by atoms with E-state index in [0.717, 1.165) is 29.1 Å². The Bertz CT molecular complexity index is 728. The fourth-order valence-corrected chi connectivity index (χ4v) is 2.22. The van der Waals surface area contributed by atoms with Crippen molar-refractivity contribution in [3.63, 3.8) is 0 Å². The number of fused-ring (bicyclic) bond motifs is 1. The van der Waals surface area contributed by atoms with Crippen LogP contribution in [0.3, 0.4) is 0 Å². The zero-order chi connectivity index (χ0) is 13.4. The summed E-state index contributed by atoms with van der Waals surface area (Å²) >= 11 is 0. The van der Waals surface area contributed by atoms with E-state index in [1.54, 1.807) is 17.8 Å². The summed E-state index contributed by atoms with van der Waals surface area (Å²) in [5.74, 6) is 0.563. The molecule has 0 aliphatic carbocycles. The molecule has 0 atom stereocenters. The van der Waals surface area contributed by atoms with Gasteiger partial charge in [0.25, 0.3) is 0 Å². The summed E-state index contributed by atoms with van der Waals surface area (Å²) in [5, 5.41) is 8.85. The predicted molar refractivity (Wildman–Crippen MR) is 71.2 cm³/mol. The van der Waals surface area contributed by atoms with Gasteiger partial charge in [0, 0.05) is 18.9 Å². The van der Waals surface area contributed by atoms with Crippen molar-refractivity contribution in [3.05, 3.63) is 30.2 Å². The van der Waals surface area contributed by atoms with Crippen LogP contribution in [-0.2, 0) is 6.54 Å². The zero-order valence-electron chi connectivity index (χ0n) is 11.2. The van der Waals surface area contributed by atoms with E-state index in [1.165, 1.54) is 0 Å². The van der Waals surface area contributed by atoms with Gasteiger partial charge in [0.2, 0.25) is 5.88 Å². The lowest BCUT2D eigenvalue weighted by Gasteiger charge is -2.04. The number of aryl methyl sites for hydroxylation is 2. The molecule has 98 valence electrons. The highest BCUT2D eigenvalue weighted by atomic mass is 16.5. The van der Waals surface area contributed by atoms with Crippen molar-refractivity contribution < 1.29 is 4.74 Å². The third kappa shape index (κ3) is 1.76. The molecule has 0 unspecified atom stereocenters. The first-order valence-corrected chi connectivity index (χ1v) is 6.16. The fourth-order valence-electron chi connectivity index (χ4n) is 2.22. The molecule has 6 nitrogen and oxygen atoms in total. The zero-order valence-corrected chi connectivity index (χ0v) is 11.2.